The Morgan fingerprint density at radius 3 is 2.88 bits per heavy atom. The Bertz CT molecular complexity index is 1010. The molecule has 0 unspecified atom stereocenters. The number of ether oxygens (including phenoxy) is 1. The predicted octanol–water partition coefficient (Wildman–Crippen LogP) is 3.19. The van der Waals surface area contributed by atoms with Crippen LogP contribution >= 0.6 is 0 Å². The number of hydrogen-bond acceptors (Lipinski definition) is 5. The van der Waals surface area contributed by atoms with Crippen LogP contribution < -0.4 is 4.74 Å². The predicted molar refractivity (Wildman–Crippen MR) is 87.6 cm³/mol. The van der Waals surface area contributed by atoms with Crippen LogP contribution in [0.2, 0.25) is 0 Å². The molecule has 2 aromatic heterocycles. The van der Waals surface area contributed by atoms with Crippen molar-refractivity contribution >= 4 is 11.0 Å². The number of fused-ring (bicyclic) bond motifs is 1. The van der Waals surface area contributed by atoms with Crippen LogP contribution in [0.25, 0.3) is 11.0 Å². The van der Waals surface area contributed by atoms with Gasteiger partial charge in [0.15, 0.2) is 0 Å². The van der Waals surface area contributed by atoms with Crippen LogP contribution in [0.5, 0.6) is 5.88 Å². The van der Waals surface area contributed by atoms with E-state index >= 15 is 0 Å². The SMILES string of the molecule is N#CC(C#N)=CCc1c[nH]c2ncnc(OCc3cccc(F)c3)c12. The minimum Gasteiger partial charge on any atom is -0.472 e. The van der Waals surface area contributed by atoms with Gasteiger partial charge in [-0.1, -0.05) is 18.2 Å². The van der Waals surface area contributed by atoms with Gasteiger partial charge in [-0.05, 0) is 29.7 Å². The molecule has 25 heavy (non-hydrogen) atoms. The van der Waals surface area contributed by atoms with E-state index in [2.05, 4.69) is 15.0 Å². The second-order valence-corrected chi connectivity index (χ2v) is 5.18. The number of allylic oxidation sites excluding steroid dienone is 2. The van der Waals surface area contributed by atoms with Crippen LogP contribution in [0.15, 0.2) is 48.4 Å². The Morgan fingerprint density at radius 2 is 2.12 bits per heavy atom. The third-order valence-electron chi connectivity index (χ3n) is 3.55. The lowest BCUT2D eigenvalue weighted by molar-refractivity contribution is 0.297. The minimum atomic E-state index is -0.332. The van der Waals surface area contributed by atoms with Crippen molar-refractivity contribution in [2.45, 2.75) is 13.0 Å². The molecule has 0 atom stereocenters. The second kappa shape index (κ2) is 7.24. The summed E-state index contributed by atoms with van der Waals surface area (Å²) in [6.07, 6.45) is 5.00. The Morgan fingerprint density at radius 1 is 1.28 bits per heavy atom. The maximum Gasteiger partial charge on any atom is 0.226 e. The lowest BCUT2D eigenvalue weighted by atomic mass is 10.1. The summed E-state index contributed by atoms with van der Waals surface area (Å²) in [6.45, 7) is 0.159. The van der Waals surface area contributed by atoms with Crippen molar-refractivity contribution in [2.75, 3.05) is 0 Å². The van der Waals surface area contributed by atoms with Gasteiger partial charge < -0.3 is 9.72 Å². The molecule has 7 heteroatoms. The van der Waals surface area contributed by atoms with Crippen molar-refractivity contribution < 1.29 is 9.13 Å². The Kier molecular flexibility index (Phi) is 4.68. The standard InChI is InChI=1S/C18H12FN5O/c19-15-3-1-2-12(6-15)10-25-18-16-14(5-4-13(7-20)8-21)9-22-17(16)23-11-24-18/h1-4,6,9,11H,5,10H2,(H,22,23,24). The van der Waals surface area contributed by atoms with Crippen LogP contribution in [-0.4, -0.2) is 15.0 Å². The Balaban J connectivity index is 1.88. The van der Waals surface area contributed by atoms with Gasteiger partial charge in [0.1, 0.15) is 42.1 Å². The number of nitrogens with one attached hydrogen (secondary N) is 1. The first-order valence-electron chi connectivity index (χ1n) is 7.40. The molecule has 0 radical (unpaired) electrons. The van der Waals surface area contributed by atoms with Gasteiger partial charge in [0, 0.05) is 6.20 Å². The molecule has 0 bridgehead atoms. The van der Waals surface area contributed by atoms with E-state index in [0.717, 1.165) is 5.56 Å². The fraction of sp³-hybridized carbons (Fsp3) is 0.111. The van der Waals surface area contributed by atoms with Gasteiger partial charge in [-0.3, -0.25) is 0 Å². The quantitative estimate of drug-likeness (QED) is 0.723. The first-order valence-corrected chi connectivity index (χ1v) is 7.40. The molecule has 0 spiro atoms. The average molecular weight is 333 g/mol. The summed E-state index contributed by atoms with van der Waals surface area (Å²) in [7, 11) is 0. The van der Waals surface area contributed by atoms with E-state index in [9.17, 15) is 4.39 Å². The lowest BCUT2D eigenvalue weighted by Crippen LogP contribution is -1.99. The fourth-order valence-electron chi connectivity index (χ4n) is 2.37. The maximum atomic E-state index is 13.3. The second-order valence-electron chi connectivity index (χ2n) is 5.18. The number of hydrogen-bond donors (Lipinski definition) is 1. The molecule has 2 heterocycles. The molecule has 0 fully saturated rings. The van der Waals surface area contributed by atoms with Crippen molar-refractivity contribution in [3.8, 4) is 18.0 Å². The molecule has 3 aromatic rings. The molecule has 1 aromatic carbocycles. The monoisotopic (exact) mass is 333 g/mol. The van der Waals surface area contributed by atoms with Crippen LogP contribution in [-0.2, 0) is 13.0 Å². The first kappa shape index (κ1) is 16.2. The number of benzene rings is 1. The molecule has 6 nitrogen and oxygen atoms in total. The van der Waals surface area contributed by atoms with Crippen molar-refractivity contribution in [2.24, 2.45) is 0 Å². The summed E-state index contributed by atoms with van der Waals surface area (Å²) in [4.78, 5) is 11.3. The molecule has 3 rings (SSSR count). The maximum absolute atomic E-state index is 13.3. The van der Waals surface area contributed by atoms with Crippen LogP contribution in [0.3, 0.4) is 0 Å². The molecule has 0 aliphatic carbocycles. The molecular weight excluding hydrogens is 321 g/mol. The third-order valence-corrected chi connectivity index (χ3v) is 3.55. The highest BCUT2D eigenvalue weighted by atomic mass is 19.1. The topological polar surface area (TPSA) is 98.4 Å². The zero-order chi connectivity index (χ0) is 17.6. The lowest BCUT2D eigenvalue weighted by Gasteiger charge is -2.07. The smallest absolute Gasteiger partial charge is 0.226 e. The highest BCUT2D eigenvalue weighted by Gasteiger charge is 2.12. The normalized spacial score (nSPS) is 10.0. The van der Waals surface area contributed by atoms with E-state index in [4.69, 9.17) is 15.3 Å². The van der Waals surface area contributed by atoms with E-state index in [0.29, 0.717) is 28.9 Å². The summed E-state index contributed by atoms with van der Waals surface area (Å²) in [5.74, 6) is 0.0244. The van der Waals surface area contributed by atoms with Gasteiger partial charge >= 0.3 is 0 Å². The van der Waals surface area contributed by atoms with E-state index in [1.165, 1.54) is 24.5 Å². The van der Waals surface area contributed by atoms with E-state index in [-0.39, 0.29) is 18.0 Å². The highest BCUT2D eigenvalue weighted by Crippen LogP contribution is 2.26. The molecule has 1 N–H and O–H groups in total. The number of nitriles is 2. The van der Waals surface area contributed by atoms with Gasteiger partial charge in [0.2, 0.25) is 5.88 Å². The first-order chi connectivity index (χ1) is 12.2. The van der Waals surface area contributed by atoms with Crippen molar-refractivity contribution in [3.05, 3.63) is 65.4 Å². The molecular formula is C18H12FN5O. The van der Waals surface area contributed by atoms with Crippen LogP contribution in [0, 0.1) is 28.5 Å². The summed E-state index contributed by atoms with van der Waals surface area (Å²) < 4.78 is 19.0. The number of halogens is 1. The number of rotatable bonds is 5. The summed E-state index contributed by atoms with van der Waals surface area (Å²) in [6, 6.07) is 9.77. The zero-order valence-corrected chi connectivity index (χ0v) is 13.0. The number of aromatic amines is 1. The van der Waals surface area contributed by atoms with Crippen molar-refractivity contribution in [3.63, 3.8) is 0 Å². The largest absolute Gasteiger partial charge is 0.472 e. The Hall–Kier alpha value is -3.71. The summed E-state index contributed by atoms with van der Waals surface area (Å²) in [5.41, 5.74) is 2.10. The van der Waals surface area contributed by atoms with Gasteiger partial charge in [0.05, 0.1) is 5.39 Å². The van der Waals surface area contributed by atoms with Gasteiger partial charge in [-0.25, -0.2) is 14.4 Å². The summed E-state index contributed by atoms with van der Waals surface area (Å²) in [5, 5.41) is 18.3. The van der Waals surface area contributed by atoms with Gasteiger partial charge in [-0.15, -0.1) is 0 Å². The average Bonchev–Trinajstić information content (AvgIpc) is 3.05. The van der Waals surface area contributed by atoms with Crippen LogP contribution in [0.1, 0.15) is 11.1 Å². The number of aromatic nitrogens is 3. The Labute approximate surface area is 142 Å². The van der Waals surface area contributed by atoms with Gasteiger partial charge in [-0.2, -0.15) is 10.5 Å². The molecule has 0 aliphatic heterocycles. The number of nitrogens with zero attached hydrogens (tertiary/aromatic N) is 4. The summed E-state index contributed by atoms with van der Waals surface area (Å²) >= 11 is 0. The van der Waals surface area contributed by atoms with Gasteiger partial charge in [0.25, 0.3) is 0 Å². The van der Waals surface area contributed by atoms with Crippen molar-refractivity contribution in [1.29, 1.82) is 10.5 Å². The number of H-pyrrole nitrogens is 1. The van der Waals surface area contributed by atoms with Crippen LogP contribution in [0.4, 0.5) is 4.39 Å². The molecule has 122 valence electrons. The van der Waals surface area contributed by atoms with Crippen molar-refractivity contribution in [1.82, 2.24) is 15.0 Å². The zero-order valence-electron chi connectivity index (χ0n) is 13.0. The molecule has 0 saturated heterocycles. The third kappa shape index (κ3) is 3.62. The highest BCUT2D eigenvalue weighted by molar-refractivity contribution is 5.84. The van der Waals surface area contributed by atoms with E-state index in [1.54, 1.807) is 18.3 Å². The van der Waals surface area contributed by atoms with E-state index in [1.807, 2.05) is 12.1 Å². The fourth-order valence-corrected chi connectivity index (χ4v) is 2.37. The molecule has 0 amide bonds. The molecule has 0 aliphatic rings. The molecule has 0 saturated carbocycles. The van der Waals surface area contributed by atoms with E-state index < -0.39 is 0 Å². The minimum absolute atomic E-state index is 0.0356.